The van der Waals surface area contributed by atoms with Crippen molar-refractivity contribution in [3.8, 4) is 0 Å². The van der Waals surface area contributed by atoms with Crippen molar-refractivity contribution in [3.63, 3.8) is 0 Å². The molecule has 7 heteroatoms. The van der Waals surface area contributed by atoms with Gasteiger partial charge in [-0.25, -0.2) is 12.8 Å². The maximum atomic E-state index is 13.6. The largest absolute Gasteiger partial charge is 0.356 e. The summed E-state index contributed by atoms with van der Waals surface area (Å²) in [6.07, 6.45) is 2.40. The van der Waals surface area contributed by atoms with Gasteiger partial charge in [-0.05, 0) is 42.2 Å². The lowest BCUT2D eigenvalue weighted by atomic mass is 10.1. The number of amides is 1. The molecule has 0 radical (unpaired) electrons. The molecule has 0 bridgehead atoms. The first-order valence-electron chi connectivity index (χ1n) is 8.88. The Morgan fingerprint density at radius 2 is 1.78 bits per heavy atom. The third-order valence-electron chi connectivity index (χ3n) is 4.25. The lowest BCUT2D eigenvalue weighted by Crippen LogP contribution is -2.35. The van der Waals surface area contributed by atoms with E-state index in [1.807, 2.05) is 19.1 Å². The Hall–Kier alpha value is -2.41. The van der Waals surface area contributed by atoms with Gasteiger partial charge >= 0.3 is 0 Å². The van der Waals surface area contributed by atoms with Crippen LogP contribution in [0.4, 0.5) is 10.1 Å². The number of aryl methyl sites for hydroxylation is 1. The molecule has 2 aromatic rings. The second-order valence-corrected chi connectivity index (χ2v) is 8.20. The zero-order chi connectivity index (χ0) is 19.9. The molecule has 0 saturated carbocycles. The van der Waals surface area contributed by atoms with Gasteiger partial charge < -0.3 is 5.32 Å². The molecule has 0 aliphatic rings. The number of nitrogens with zero attached hydrogens (tertiary/aromatic N) is 1. The highest BCUT2D eigenvalue weighted by Crippen LogP contribution is 2.19. The molecule has 0 atom stereocenters. The molecule has 27 heavy (non-hydrogen) atoms. The van der Waals surface area contributed by atoms with Crippen LogP contribution in [0.15, 0.2) is 48.5 Å². The molecular weight excluding hydrogens is 367 g/mol. The van der Waals surface area contributed by atoms with Gasteiger partial charge in [0.2, 0.25) is 15.9 Å². The lowest BCUT2D eigenvalue weighted by molar-refractivity contribution is -0.120. The van der Waals surface area contributed by atoms with Gasteiger partial charge in [-0.1, -0.05) is 37.3 Å². The van der Waals surface area contributed by atoms with Crippen LogP contribution < -0.4 is 9.62 Å². The van der Waals surface area contributed by atoms with Gasteiger partial charge in [0.15, 0.2) is 0 Å². The molecule has 0 aliphatic heterocycles. The number of hydrogen-bond donors (Lipinski definition) is 1. The first-order valence-corrected chi connectivity index (χ1v) is 10.7. The number of rotatable bonds is 9. The van der Waals surface area contributed by atoms with Crippen LogP contribution in [0.25, 0.3) is 0 Å². The first kappa shape index (κ1) is 20.9. The number of carbonyl (C=O) groups is 1. The molecule has 0 aromatic heterocycles. The summed E-state index contributed by atoms with van der Waals surface area (Å²) in [6, 6.07) is 13.7. The number of hydrogen-bond acceptors (Lipinski definition) is 3. The number of nitrogens with one attached hydrogen (secondary N) is 1. The first-order chi connectivity index (χ1) is 12.8. The molecule has 0 saturated heterocycles. The molecule has 1 amide bonds. The molecule has 0 spiro atoms. The molecule has 0 unspecified atom stereocenters. The Balaban J connectivity index is 1.90. The lowest BCUT2D eigenvalue weighted by Gasteiger charge is -2.22. The number of sulfonamides is 1. The topological polar surface area (TPSA) is 66.5 Å². The van der Waals surface area contributed by atoms with Crippen molar-refractivity contribution in [1.82, 2.24) is 5.32 Å². The average Bonchev–Trinajstić information content (AvgIpc) is 2.63. The molecule has 5 nitrogen and oxygen atoms in total. The highest BCUT2D eigenvalue weighted by atomic mass is 32.2. The summed E-state index contributed by atoms with van der Waals surface area (Å²) in [7, 11) is -3.50. The van der Waals surface area contributed by atoms with Gasteiger partial charge in [0.1, 0.15) is 5.82 Å². The highest BCUT2D eigenvalue weighted by Gasteiger charge is 2.18. The SMILES string of the molecule is CCc1ccc(N(CCC(=O)NCCc2ccccc2F)S(C)(=O)=O)cc1. The van der Waals surface area contributed by atoms with Crippen molar-refractivity contribution in [2.24, 2.45) is 0 Å². The van der Waals surface area contributed by atoms with E-state index in [1.165, 1.54) is 10.4 Å². The summed E-state index contributed by atoms with van der Waals surface area (Å²) in [5, 5.41) is 2.71. The Kier molecular flexibility index (Phi) is 7.36. The number of benzene rings is 2. The van der Waals surface area contributed by atoms with Gasteiger partial charge in [-0.15, -0.1) is 0 Å². The van der Waals surface area contributed by atoms with Crippen LogP contribution >= 0.6 is 0 Å². The van der Waals surface area contributed by atoms with Gasteiger partial charge in [0.25, 0.3) is 0 Å². The molecule has 0 heterocycles. The predicted octanol–water partition coefficient (Wildman–Crippen LogP) is 2.90. The molecule has 2 rings (SSSR count). The van der Waals surface area contributed by atoms with E-state index in [9.17, 15) is 17.6 Å². The van der Waals surface area contributed by atoms with E-state index in [0.29, 0.717) is 24.2 Å². The van der Waals surface area contributed by atoms with Crippen molar-refractivity contribution in [2.75, 3.05) is 23.7 Å². The number of halogens is 1. The van der Waals surface area contributed by atoms with Crippen molar-refractivity contribution in [3.05, 3.63) is 65.5 Å². The van der Waals surface area contributed by atoms with E-state index in [2.05, 4.69) is 5.32 Å². The highest BCUT2D eigenvalue weighted by molar-refractivity contribution is 7.92. The third-order valence-corrected chi connectivity index (χ3v) is 5.44. The second kappa shape index (κ2) is 9.50. The van der Waals surface area contributed by atoms with Crippen LogP contribution in [0.3, 0.4) is 0 Å². The fraction of sp³-hybridized carbons (Fsp3) is 0.350. The Bertz CT molecular complexity index is 867. The van der Waals surface area contributed by atoms with Crippen LogP contribution in [-0.4, -0.2) is 33.7 Å². The predicted molar refractivity (Wildman–Crippen MR) is 106 cm³/mol. The number of carbonyl (C=O) groups excluding carboxylic acids is 1. The Morgan fingerprint density at radius 3 is 2.37 bits per heavy atom. The molecular formula is C20H25FN2O3S. The van der Waals surface area contributed by atoms with Crippen molar-refractivity contribution in [2.45, 2.75) is 26.2 Å². The number of anilines is 1. The van der Waals surface area contributed by atoms with E-state index in [4.69, 9.17) is 0 Å². The minimum atomic E-state index is -3.50. The molecule has 0 aliphatic carbocycles. The quantitative estimate of drug-likeness (QED) is 0.714. The smallest absolute Gasteiger partial charge is 0.232 e. The molecule has 146 valence electrons. The zero-order valence-corrected chi connectivity index (χ0v) is 16.4. The van der Waals surface area contributed by atoms with E-state index in [0.717, 1.165) is 18.2 Å². The fourth-order valence-electron chi connectivity index (χ4n) is 2.71. The summed E-state index contributed by atoms with van der Waals surface area (Å²) < 4.78 is 39.0. The van der Waals surface area contributed by atoms with Gasteiger partial charge in [0, 0.05) is 19.5 Å². The summed E-state index contributed by atoms with van der Waals surface area (Å²) in [4.78, 5) is 12.1. The van der Waals surface area contributed by atoms with Crippen LogP contribution in [0.5, 0.6) is 0 Å². The summed E-state index contributed by atoms with van der Waals surface area (Å²) in [5.41, 5.74) is 2.18. The standard InChI is InChI=1S/C20H25FN2O3S/c1-3-16-8-10-18(11-9-16)23(27(2,25)26)15-13-20(24)22-14-12-17-6-4-5-7-19(17)21/h4-11H,3,12-15H2,1-2H3,(H,22,24). The minimum absolute atomic E-state index is 0.0276. The van der Waals surface area contributed by atoms with E-state index < -0.39 is 10.0 Å². The van der Waals surface area contributed by atoms with E-state index >= 15 is 0 Å². The zero-order valence-electron chi connectivity index (χ0n) is 15.6. The normalized spacial score (nSPS) is 11.2. The molecule has 2 aromatic carbocycles. The van der Waals surface area contributed by atoms with Crippen LogP contribution in [0, 0.1) is 5.82 Å². The fourth-order valence-corrected chi connectivity index (χ4v) is 3.64. The summed E-state index contributed by atoms with van der Waals surface area (Å²) in [6.45, 7) is 2.37. The van der Waals surface area contributed by atoms with E-state index in [-0.39, 0.29) is 24.7 Å². The van der Waals surface area contributed by atoms with Gasteiger partial charge in [-0.3, -0.25) is 9.10 Å². The van der Waals surface area contributed by atoms with Crippen molar-refractivity contribution >= 4 is 21.6 Å². The van der Waals surface area contributed by atoms with Crippen molar-refractivity contribution < 1.29 is 17.6 Å². The Labute approximate surface area is 160 Å². The second-order valence-electron chi connectivity index (χ2n) is 6.30. The van der Waals surface area contributed by atoms with Gasteiger partial charge in [0.05, 0.1) is 11.9 Å². The van der Waals surface area contributed by atoms with Crippen molar-refractivity contribution in [1.29, 1.82) is 0 Å². The maximum absolute atomic E-state index is 13.6. The summed E-state index contributed by atoms with van der Waals surface area (Å²) >= 11 is 0. The molecule has 1 N–H and O–H groups in total. The van der Waals surface area contributed by atoms with Crippen LogP contribution in [-0.2, 0) is 27.7 Å². The minimum Gasteiger partial charge on any atom is -0.356 e. The molecule has 0 fully saturated rings. The monoisotopic (exact) mass is 392 g/mol. The van der Waals surface area contributed by atoms with Crippen LogP contribution in [0.1, 0.15) is 24.5 Å². The van der Waals surface area contributed by atoms with Gasteiger partial charge in [-0.2, -0.15) is 0 Å². The summed E-state index contributed by atoms with van der Waals surface area (Å²) in [5.74, 6) is -0.573. The average molecular weight is 392 g/mol. The third kappa shape index (κ3) is 6.36. The maximum Gasteiger partial charge on any atom is 0.232 e. The van der Waals surface area contributed by atoms with Crippen LogP contribution in [0.2, 0.25) is 0 Å². The van der Waals surface area contributed by atoms with E-state index in [1.54, 1.807) is 30.3 Å². The Morgan fingerprint density at radius 1 is 1.11 bits per heavy atom.